The molecule has 1 aromatic rings. The standard InChI is InChI=1S/C23H34F4O/c1-4-6-7-8-17-9-11-18(12-10-17)13-14-19-16(3)15-20(28-5-2)22(24)21(19)23(25,26)27/h15,17-18H,4-14H2,1-3H3. The molecule has 0 N–H and O–H groups in total. The van der Waals surface area contributed by atoms with Crippen molar-refractivity contribution in [3.05, 3.63) is 28.6 Å². The lowest BCUT2D eigenvalue weighted by atomic mass is 9.77. The highest BCUT2D eigenvalue weighted by molar-refractivity contribution is 5.45. The Kier molecular flexibility index (Phi) is 8.63. The van der Waals surface area contributed by atoms with E-state index in [1.807, 2.05) is 0 Å². The lowest BCUT2D eigenvalue weighted by Gasteiger charge is -2.29. The third-order valence-electron chi connectivity index (χ3n) is 6.13. The summed E-state index contributed by atoms with van der Waals surface area (Å²) in [4.78, 5) is 0. The second-order valence-corrected chi connectivity index (χ2v) is 8.21. The van der Waals surface area contributed by atoms with Gasteiger partial charge in [-0.05, 0) is 55.7 Å². The molecule has 160 valence electrons. The van der Waals surface area contributed by atoms with Crippen molar-refractivity contribution < 1.29 is 22.3 Å². The zero-order valence-electron chi connectivity index (χ0n) is 17.4. The first-order valence-electron chi connectivity index (χ1n) is 10.8. The number of alkyl halides is 3. The van der Waals surface area contributed by atoms with Crippen LogP contribution in [0.2, 0.25) is 0 Å². The second kappa shape index (κ2) is 10.5. The van der Waals surface area contributed by atoms with E-state index in [2.05, 4.69) is 6.92 Å². The number of rotatable bonds is 9. The summed E-state index contributed by atoms with van der Waals surface area (Å²) in [6.45, 7) is 5.60. The highest BCUT2D eigenvalue weighted by Crippen LogP contribution is 2.41. The van der Waals surface area contributed by atoms with Gasteiger partial charge in [0.05, 0.1) is 12.2 Å². The molecule has 1 aliphatic carbocycles. The van der Waals surface area contributed by atoms with E-state index in [1.54, 1.807) is 13.8 Å². The van der Waals surface area contributed by atoms with Crippen LogP contribution in [0.15, 0.2) is 6.07 Å². The van der Waals surface area contributed by atoms with Crippen LogP contribution in [0.5, 0.6) is 5.75 Å². The third-order valence-corrected chi connectivity index (χ3v) is 6.13. The molecular weight excluding hydrogens is 368 g/mol. The van der Waals surface area contributed by atoms with Gasteiger partial charge in [0.1, 0.15) is 0 Å². The van der Waals surface area contributed by atoms with Crippen LogP contribution in [0.3, 0.4) is 0 Å². The van der Waals surface area contributed by atoms with Gasteiger partial charge in [0, 0.05) is 0 Å². The van der Waals surface area contributed by atoms with Crippen LogP contribution in [0.4, 0.5) is 17.6 Å². The SMILES string of the molecule is CCCCCC1CCC(CCc2c(C)cc(OCC)c(F)c2C(F)(F)F)CC1. The van der Waals surface area contributed by atoms with Crippen molar-refractivity contribution in [2.24, 2.45) is 11.8 Å². The van der Waals surface area contributed by atoms with Crippen LogP contribution in [-0.4, -0.2) is 6.61 Å². The van der Waals surface area contributed by atoms with Gasteiger partial charge in [-0.1, -0.05) is 58.3 Å². The molecule has 0 atom stereocenters. The molecule has 1 saturated carbocycles. The van der Waals surface area contributed by atoms with Crippen molar-refractivity contribution in [2.45, 2.75) is 91.2 Å². The van der Waals surface area contributed by atoms with Crippen molar-refractivity contribution in [2.75, 3.05) is 6.61 Å². The molecule has 0 radical (unpaired) electrons. The van der Waals surface area contributed by atoms with Crippen molar-refractivity contribution in [1.29, 1.82) is 0 Å². The fourth-order valence-electron chi connectivity index (χ4n) is 4.52. The maximum atomic E-state index is 14.5. The lowest BCUT2D eigenvalue weighted by molar-refractivity contribution is -0.140. The molecule has 0 saturated heterocycles. The summed E-state index contributed by atoms with van der Waals surface area (Å²) in [5.41, 5.74) is -0.576. The van der Waals surface area contributed by atoms with Crippen LogP contribution in [-0.2, 0) is 12.6 Å². The summed E-state index contributed by atoms with van der Waals surface area (Å²) in [6, 6.07) is 1.41. The van der Waals surface area contributed by atoms with Crippen molar-refractivity contribution in [3.8, 4) is 5.75 Å². The fraction of sp³-hybridized carbons (Fsp3) is 0.739. The van der Waals surface area contributed by atoms with Gasteiger partial charge in [-0.2, -0.15) is 13.2 Å². The quantitative estimate of drug-likeness (QED) is 0.302. The first-order chi connectivity index (χ1) is 13.3. The molecule has 1 aromatic carbocycles. The number of ether oxygens (including phenoxy) is 1. The summed E-state index contributed by atoms with van der Waals surface area (Å²) in [6.07, 6.45) is 5.84. The predicted octanol–water partition coefficient (Wildman–Crippen LogP) is 7.87. The molecule has 1 fully saturated rings. The minimum absolute atomic E-state index is 0.0959. The molecular formula is C23H34F4O. The van der Waals surface area contributed by atoms with Crippen LogP contribution in [0, 0.1) is 24.6 Å². The summed E-state index contributed by atoms with van der Waals surface area (Å²) < 4.78 is 60.3. The van der Waals surface area contributed by atoms with Gasteiger partial charge in [0.15, 0.2) is 11.6 Å². The normalized spacial score (nSPS) is 20.4. The number of benzene rings is 1. The molecule has 1 aliphatic rings. The largest absolute Gasteiger partial charge is 0.491 e. The van der Waals surface area contributed by atoms with Crippen molar-refractivity contribution >= 4 is 0 Å². The minimum atomic E-state index is -4.71. The smallest absolute Gasteiger partial charge is 0.419 e. The highest BCUT2D eigenvalue weighted by atomic mass is 19.4. The molecule has 0 amide bonds. The molecule has 5 heteroatoms. The van der Waals surface area contributed by atoms with E-state index in [9.17, 15) is 17.6 Å². The van der Waals surface area contributed by atoms with E-state index in [0.717, 1.165) is 18.8 Å². The Hall–Kier alpha value is -1.26. The van der Waals surface area contributed by atoms with Crippen LogP contribution in [0.1, 0.15) is 88.3 Å². The topological polar surface area (TPSA) is 9.23 Å². The zero-order valence-corrected chi connectivity index (χ0v) is 17.4. The average molecular weight is 403 g/mol. The summed E-state index contributed by atoms with van der Waals surface area (Å²) in [7, 11) is 0. The van der Waals surface area contributed by atoms with Gasteiger partial charge >= 0.3 is 6.18 Å². The van der Waals surface area contributed by atoms with Crippen molar-refractivity contribution in [3.63, 3.8) is 0 Å². The molecule has 28 heavy (non-hydrogen) atoms. The Bertz CT molecular complexity index is 616. The number of aryl methyl sites for hydroxylation is 1. The third kappa shape index (κ3) is 6.12. The fourth-order valence-corrected chi connectivity index (χ4v) is 4.52. The number of hydrogen-bond acceptors (Lipinski definition) is 1. The van der Waals surface area contributed by atoms with Gasteiger partial charge in [0.2, 0.25) is 0 Å². The van der Waals surface area contributed by atoms with Gasteiger partial charge in [-0.3, -0.25) is 0 Å². The summed E-state index contributed by atoms with van der Waals surface area (Å²) in [5, 5.41) is 0. The first-order valence-corrected chi connectivity index (χ1v) is 10.8. The van der Waals surface area contributed by atoms with E-state index >= 15 is 0 Å². The predicted molar refractivity (Wildman–Crippen MR) is 105 cm³/mol. The van der Waals surface area contributed by atoms with Gasteiger partial charge in [-0.25, -0.2) is 4.39 Å². The van der Waals surface area contributed by atoms with Gasteiger partial charge < -0.3 is 4.74 Å². The minimum Gasteiger partial charge on any atom is -0.491 e. The van der Waals surface area contributed by atoms with Crippen molar-refractivity contribution in [1.82, 2.24) is 0 Å². The van der Waals surface area contributed by atoms with E-state index in [4.69, 9.17) is 4.74 Å². The maximum absolute atomic E-state index is 14.5. The summed E-state index contributed by atoms with van der Waals surface area (Å²) >= 11 is 0. The van der Waals surface area contributed by atoms with E-state index in [-0.39, 0.29) is 24.3 Å². The first kappa shape index (κ1) is 23.0. The Balaban J connectivity index is 2.03. The second-order valence-electron chi connectivity index (χ2n) is 8.21. The number of unbranched alkanes of at least 4 members (excludes halogenated alkanes) is 2. The van der Waals surface area contributed by atoms with E-state index < -0.39 is 17.6 Å². The number of halogens is 4. The maximum Gasteiger partial charge on any atom is 0.419 e. The monoisotopic (exact) mass is 402 g/mol. The number of hydrogen-bond donors (Lipinski definition) is 0. The molecule has 0 heterocycles. The van der Waals surface area contributed by atoms with Crippen LogP contribution >= 0.6 is 0 Å². The Morgan fingerprint density at radius 2 is 1.61 bits per heavy atom. The van der Waals surface area contributed by atoms with Crippen LogP contribution < -0.4 is 4.74 Å². The Morgan fingerprint density at radius 3 is 2.14 bits per heavy atom. The van der Waals surface area contributed by atoms with Gasteiger partial charge in [0.25, 0.3) is 0 Å². The summed E-state index contributed by atoms with van der Waals surface area (Å²) in [5.74, 6) is -0.353. The zero-order chi connectivity index (χ0) is 20.7. The molecule has 0 unspecified atom stereocenters. The molecule has 0 aliphatic heterocycles. The molecule has 0 spiro atoms. The molecule has 0 aromatic heterocycles. The van der Waals surface area contributed by atoms with Crippen LogP contribution in [0.25, 0.3) is 0 Å². The molecule has 1 nitrogen and oxygen atoms in total. The average Bonchev–Trinajstić information content (AvgIpc) is 2.63. The molecule has 2 rings (SSSR count). The molecule has 0 bridgehead atoms. The highest BCUT2D eigenvalue weighted by Gasteiger charge is 2.39. The van der Waals surface area contributed by atoms with E-state index in [1.165, 1.54) is 44.6 Å². The Labute approximate surface area is 166 Å². The lowest BCUT2D eigenvalue weighted by Crippen LogP contribution is -2.18. The Morgan fingerprint density at radius 1 is 1.00 bits per heavy atom. The van der Waals surface area contributed by atoms with E-state index in [0.29, 0.717) is 17.9 Å². The van der Waals surface area contributed by atoms with Gasteiger partial charge in [-0.15, -0.1) is 0 Å².